The van der Waals surface area contributed by atoms with E-state index in [1.807, 2.05) is 32.0 Å². The number of nitrogens with one attached hydrogen (secondary N) is 1. The molecule has 2 aromatic rings. The number of anilines is 1. The van der Waals surface area contributed by atoms with Gasteiger partial charge >= 0.3 is 0 Å². The molecule has 0 fully saturated rings. The fourth-order valence-corrected chi connectivity index (χ4v) is 2.62. The van der Waals surface area contributed by atoms with Crippen LogP contribution in [0.1, 0.15) is 11.1 Å². The molecular formula is C11H12N4OS2. The Labute approximate surface area is 113 Å². The first-order valence-corrected chi connectivity index (χ1v) is 7.06. The molecule has 0 aliphatic rings. The zero-order chi connectivity index (χ0) is 13.0. The van der Waals surface area contributed by atoms with Crippen LogP contribution in [0.25, 0.3) is 0 Å². The maximum Gasteiger partial charge on any atom is 0.234 e. The predicted octanol–water partition coefficient (Wildman–Crippen LogP) is 2.28. The molecule has 0 spiro atoms. The van der Waals surface area contributed by atoms with E-state index < -0.39 is 0 Å². The molecule has 94 valence electrons. The second-order valence-corrected chi connectivity index (χ2v) is 5.69. The van der Waals surface area contributed by atoms with E-state index in [-0.39, 0.29) is 5.91 Å². The summed E-state index contributed by atoms with van der Waals surface area (Å²) in [6, 6.07) is 5.93. The lowest BCUT2D eigenvalue weighted by Crippen LogP contribution is -2.15. The van der Waals surface area contributed by atoms with Gasteiger partial charge in [-0.1, -0.05) is 34.4 Å². The van der Waals surface area contributed by atoms with Crippen LogP contribution in [0.4, 0.5) is 5.69 Å². The molecule has 5 nitrogen and oxygen atoms in total. The Balaban J connectivity index is 1.95. The minimum atomic E-state index is -0.0485. The Bertz CT molecular complexity index is 522. The van der Waals surface area contributed by atoms with Crippen molar-refractivity contribution in [2.75, 3.05) is 11.1 Å². The van der Waals surface area contributed by atoms with Gasteiger partial charge < -0.3 is 5.32 Å². The summed E-state index contributed by atoms with van der Waals surface area (Å²) in [6.07, 6.45) is 0. The normalized spacial score (nSPS) is 10.3. The monoisotopic (exact) mass is 280 g/mol. The van der Waals surface area contributed by atoms with Gasteiger partial charge in [-0.3, -0.25) is 4.79 Å². The summed E-state index contributed by atoms with van der Waals surface area (Å²) in [5.74, 6) is 0.262. The van der Waals surface area contributed by atoms with Crippen LogP contribution in [0.15, 0.2) is 22.5 Å². The molecule has 1 N–H and O–H groups in total. The summed E-state index contributed by atoms with van der Waals surface area (Å²) < 4.78 is 4.34. The molecule has 0 atom stereocenters. The van der Waals surface area contributed by atoms with Gasteiger partial charge in [0.2, 0.25) is 5.91 Å². The molecule has 2 rings (SSSR count). The smallest absolute Gasteiger partial charge is 0.234 e. The van der Waals surface area contributed by atoms with Crippen molar-refractivity contribution in [2.45, 2.75) is 18.2 Å². The fourth-order valence-electron chi connectivity index (χ4n) is 1.50. The number of para-hydroxylation sites is 1. The lowest BCUT2D eigenvalue weighted by molar-refractivity contribution is -0.113. The van der Waals surface area contributed by atoms with Crippen molar-refractivity contribution in [3.8, 4) is 0 Å². The van der Waals surface area contributed by atoms with E-state index >= 15 is 0 Å². The van der Waals surface area contributed by atoms with Crippen LogP contribution in [0.5, 0.6) is 0 Å². The molecule has 0 radical (unpaired) electrons. The maximum atomic E-state index is 11.8. The van der Waals surface area contributed by atoms with Crippen molar-refractivity contribution in [1.29, 1.82) is 0 Å². The average molecular weight is 280 g/mol. The molecule has 18 heavy (non-hydrogen) atoms. The zero-order valence-electron chi connectivity index (χ0n) is 10.0. The maximum absolute atomic E-state index is 11.8. The van der Waals surface area contributed by atoms with Gasteiger partial charge in [0.15, 0.2) is 4.34 Å². The molecule has 0 saturated heterocycles. The fraction of sp³-hybridized carbons (Fsp3) is 0.273. The first-order valence-electron chi connectivity index (χ1n) is 5.30. The number of carbonyl (C=O) groups is 1. The Morgan fingerprint density at radius 1 is 1.39 bits per heavy atom. The molecule has 7 heteroatoms. The SMILES string of the molecule is Cc1cccc(C)c1NC(=O)CSc1nnns1. The van der Waals surface area contributed by atoms with Gasteiger partial charge in [0, 0.05) is 17.2 Å². The Kier molecular flexibility index (Phi) is 4.27. The number of amides is 1. The van der Waals surface area contributed by atoms with Crippen LogP contribution in [0.2, 0.25) is 0 Å². The van der Waals surface area contributed by atoms with E-state index in [0.717, 1.165) is 16.8 Å². The average Bonchev–Trinajstić information content (AvgIpc) is 2.84. The molecule has 1 aromatic carbocycles. The lowest BCUT2D eigenvalue weighted by atomic mass is 10.1. The van der Waals surface area contributed by atoms with E-state index in [2.05, 4.69) is 20.1 Å². The van der Waals surface area contributed by atoms with Crippen LogP contribution in [-0.4, -0.2) is 26.5 Å². The summed E-state index contributed by atoms with van der Waals surface area (Å²) in [5.41, 5.74) is 3.01. The van der Waals surface area contributed by atoms with Crippen molar-refractivity contribution in [1.82, 2.24) is 14.8 Å². The molecule has 0 saturated carbocycles. The second-order valence-electron chi connectivity index (χ2n) is 3.73. The minimum Gasteiger partial charge on any atom is -0.325 e. The number of thioether (sulfide) groups is 1. The molecule has 1 heterocycles. The molecule has 0 aliphatic heterocycles. The summed E-state index contributed by atoms with van der Waals surface area (Å²) in [4.78, 5) is 11.8. The Hall–Kier alpha value is -1.47. The Morgan fingerprint density at radius 2 is 2.11 bits per heavy atom. The topological polar surface area (TPSA) is 67.8 Å². The number of carbonyl (C=O) groups excluding carboxylic acids is 1. The standard InChI is InChI=1S/C11H12N4OS2/c1-7-4-3-5-8(2)10(7)12-9(16)6-17-11-13-14-15-18-11/h3-5H,6H2,1-2H3,(H,12,16). The zero-order valence-corrected chi connectivity index (χ0v) is 11.6. The van der Waals surface area contributed by atoms with E-state index in [9.17, 15) is 4.79 Å². The van der Waals surface area contributed by atoms with E-state index in [4.69, 9.17) is 0 Å². The van der Waals surface area contributed by atoms with Gasteiger partial charge in [-0.2, -0.15) is 0 Å². The number of aromatic nitrogens is 3. The van der Waals surface area contributed by atoms with Crippen molar-refractivity contribution in [3.05, 3.63) is 29.3 Å². The van der Waals surface area contributed by atoms with Crippen LogP contribution in [-0.2, 0) is 4.79 Å². The quantitative estimate of drug-likeness (QED) is 0.870. The molecule has 1 amide bonds. The highest BCUT2D eigenvalue weighted by Gasteiger charge is 2.09. The highest BCUT2D eigenvalue weighted by molar-refractivity contribution is 8.01. The van der Waals surface area contributed by atoms with Crippen LogP contribution in [0, 0.1) is 13.8 Å². The van der Waals surface area contributed by atoms with E-state index in [1.54, 1.807) is 0 Å². The Morgan fingerprint density at radius 3 is 2.72 bits per heavy atom. The van der Waals surface area contributed by atoms with Crippen LogP contribution in [0.3, 0.4) is 0 Å². The van der Waals surface area contributed by atoms with Crippen molar-refractivity contribution in [2.24, 2.45) is 0 Å². The number of benzene rings is 1. The van der Waals surface area contributed by atoms with Crippen molar-refractivity contribution >= 4 is 34.9 Å². The van der Waals surface area contributed by atoms with E-state index in [0.29, 0.717) is 10.1 Å². The third-order valence-corrected chi connectivity index (χ3v) is 4.06. The van der Waals surface area contributed by atoms with Crippen molar-refractivity contribution in [3.63, 3.8) is 0 Å². The number of hydrogen-bond donors (Lipinski definition) is 1. The highest BCUT2D eigenvalue weighted by Crippen LogP contribution is 2.21. The van der Waals surface area contributed by atoms with Gasteiger partial charge in [-0.15, -0.1) is 5.10 Å². The number of rotatable bonds is 4. The molecule has 1 aromatic heterocycles. The van der Waals surface area contributed by atoms with Crippen LogP contribution < -0.4 is 5.32 Å². The summed E-state index contributed by atoms with van der Waals surface area (Å²) in [7, 11) is 0. The van der Waals surface area contributed by atoms with Gasteiger partial charge in [0.05, 0.1) is 5.75 Å². The largest absolute Gasteiger partial charge is 0.325 e. The summed E-state index contributed by atoms with van der Waals surface area (Å²) in [6.45, 7) is 3.95. The molecule has 0 bridgehead atoms. The van der Waals surface area contributed by atoms with Gasteiger partial charge in [-0.05, 0) is 30.2 Å². The molecular weight excluding hydrogens is 268 g/mol. The molecule has 0 aliphatic carbocycles. The summed E-state index contributed by atoms with van der Waals surface area (Å²) >= 11 is 2.52. The highest BCUT2D eigenvalue weighted by atomic mass is 32.2. The first kappa shape index (κ1) is 13.0. The van der Waals surface area contributed by atoms with Gasteiger partial charge in [0.25, 0.3) is 0 Å². The third kappa shape index (κ3) is 3.27. The van der Waals surface area contributed by atoms with Crippen molar-refractivity contribution < 1.29 is 4.79 Å². The number of aryl methyl sites for hydroxylation is 2. The summed E-state index contributed by atoms with van der Waals surface area (Å²) in [5, 5.41) is 10.2. The lowest BCUT2D eigenvalue weighted by Gasteiger charge is -2.10. The van der Waals surface area contributed by atoms with Crippen LogP contribution >= 0.6 is 23.3 Å². The van der Waals surface area contributed by atoms with E-state index in [1.165, 1.54) is 23.3 Å². The number of hydrogen-bond acceptors (Lipinski definition) is 6. The first-order chi connectivity index (χ1) is 8.66. The predicted molar refractivity (Wildman–Crippen MR) is 73.0 cm³/mol. The number of nitrogens with zero attached hydrogens (tertiary/aromatic N) is 3. The third-order valence-electron chi connectivity index (χ3n) is 2.35. The second kappa shape index (κ2) is 5.92. The van der Waals surface area contributed by atoms with Gasteiger partial charge in [-0.25, -0.2) is 0 Å². The minimum absolute atomic E-state index is 0.0485. The molecule has 0 unspecified atom stereocenters. The van der Waals surface area contributed by atoms with Gasteiger partial charge in [0.1, 0.15) is 0 Å².